The first-order valence-corrected chi connectivity index (χ1v) is 37.3. The monoisotopic (exact) mass is 1250 g/mol. The van der Waals surface area contributed by atoms with Crippen LogP contribution in [0.25, 0.3) is 0 Å². The summed E-state index contributed by atoms with van der Waals surface area (Å²) in [5, 5.41) is 10.5. The van der Waals surface area contributed by atoms with Crippen molar-refractivity contribution in [2.75, 3.05) is 39.6 Å². The number of hydrogen-bond acceptors (Lipinski definition) is 15. The van der Waals surface area contributed by atoms with E-state index in [0.29, 0.717) is 31.6 Å². The number of aliphatic hydroxyl groups is 1. The number of rotatable bonds is 64. The lowest BCUT2D eigenvalue weighted by Crippen LogP contribution is -2.30. The second kappa shape index (κ2) is 57.2. The molecule has 0 radical (unpaired) electrons. The van der Waals surface area contributed by atoms with Gasteiger partial charge in [0.2, 0.25) is 0 Å². The second-order valence-corrected chi connectivity index (χ2v) is 28.2. The van der Waals surface area contributed by atoms with E-state index in [1.807, 2.05) is 0 Å². The molecule has 0 fully saturated rings. The van der Waals surface area contributed by atoms with Crippen LogP contribution in [0.15, 0.2) is 0 Å². The topological polar surface area (TPSA) is 237 Å². The highest BCUT2D eigenvalue weighted by atomic mass is 31.2. The van der Waals surface area contributed by atoms with Crippen LogP contribution in [0.5, 0.6) is 0 Å². The number of ether oxygens (including phenoxy) is 4. The third-order valence-electron chi connectivity index (χ3n) is 15.1. The van der Waals surface area contributed by atoms with Crippen molar-refractivity contribution in [2.45, 2.75) is 343 Å². The Bertz CT molecular complexity index is 1680. The van der Waals surface area contributed by atoms with Gasteiger partial charge in [0.15, 0.2) is 12.2 Å². The number of unbranched alkanes of at least 4 members (excludes halogenated alkanes) is 32. The lowest BCUT2D eigenvalue weighted by atomic mass is 10.0. The Morgan fingerprint density at radius 1 is 0.318 bits per heavy atom. The molecule has 504 valence electrons. The van der Waals surface area contributed by atoms with E-state index in [4.69, 9.17) is 37.0 Å². The number of esters is 4. The first-order chi connectivity index (χ1) is 40.7. The molecular formula is C66H128O17P2. The molecule has 0 saturated carbocycles. The van der Waals surface area contributed by atoms with Gasteiger partial charge in [0.05, 0.1) is 26.4 Å². The normalized spacial score (nSPS) is 14.3. The molecule has 2 unspecified atom stereocenters. The van der Waals surface area contributed by atoms with Crippen LogP contribution in [0, 0.1) is 17.8 Å². The molecule has 0 heterocycles. The summed E-state index contributed by atoms with van der Waals surface area (Å²) in [7, 11) is -9.89. The molecule has 0 aliphatic rings. The average Bonchev–Trinajstić information content (AvgIpc) is 3.62. The smallest absolute Gasteiger partial charge is 0.462 e. The molecule has 0 bridgehead atoms. The highest BCUT2D eigenvalue weighted by molar-refractivity contribution is 7.47. The standard InChI is InChI=1S/C66H128O17P2/c1-8-9-10-11-12-17-26-33-40-47-63(68)76-54-62(83-66(71)50-43-36-29-22-25-32-39-46-59(6)7)56-81-85(74,75)79-52-60(67)51-78-84(72,73)80-55-61(82-65(70)49-42-35-28-21-16-14-19-24-31-38-45-58(4)5)53-77-64(69)48-41-34-27-20-15-13-18-23-30-37-44-57(2)3/h57-62,67H,8-56H2,1-7H3,(H,72,73)(H,74,75)/t60-,61-,62-/m1/s1. The number of hydrogen-bond donors (Lipinski definition) is 3. The van der Waals surface area contributed by atoms with Crippen molar-refractivity contribution in [1.82, 2.24) is 0 Å². The van der Waals surface area contributed by atoms with Gasteiger partial charge < -0.3 is 33.8 Å². The van der Waals surface area contributed by atoms with Crippen LogP contribution in [0.1, 0.15) is 325 Å². The summed E-state index contributed by atoms with van der Waals surface area (Å²) in [5.74, 6) is 0.0713. The molecule has 0 spiro atoms. The van der Waals surface area contributed by atoms with Crippen LogP contribution in [-0.2, 0) is 65.4 Å². The molecule has 0 aliphatic carbocycles. The lowest BCUT2D eigenvalue weighted by molar-refractivity contribution is -0.161. The minimum Gasteiger partial charge on any atom is -0.462 e. The molecule has 0 aliphatic heterocycles. The summed E-state index contributed by atoms with van der Waals surface area (Å²) in [4.78, 5) is 72.3. The highest BCUT2D eigenvalue weighted by Gasteiger charge is 2.30. The lowest BCUT2D eigenvalue weighted by Gasteiger charge is -2.21. The van der Waals surface area contributed by atoms with Gasteiger partial charge >= 0.3 is 39.5 Å². The maximum absolute atomic E-state index is 13.0. The molecule has 17 nitrogen and oxygen atoms in total. The fraction of sp³-hybridized carbons (Fsp3) is 0.939. The Balaban J connectivity index is 5.24. The quantitative estimate of drug-likeness (QED) is 0.0222. The van der Waals surface area contributed by atoms with Crippen LogP contribution in [0.4, 0.5) is 0 Å². The zero-order valence-electron chi connectivity index (χ0n) is 55.1. The van der Waals surface area contributed by atoms with Crippen LogP contribution in [0.2, 0.25) is 0 Å². The van der Waals surface area contributed by atoms with E-state index in [2.05, 4.69) is 48.5 Å². The average molecular weight is 1260 g/mol. The van der Waals surface area contributed by atoms with E-state index < -0.39 is 97.5 Å². The first-order valence-electron chi connectivity index (χ1n) is 34.3. The van der Waals surface area contributed by atoms with Gasteiger partial charge in [-0.2, -0.15) is 0 Å². The number of phosphoric ester groups is 2. The van der Waals surface area contributed by atoms with Crippen molar-refractivity contribution in [3.8, 4) is 0 Å². The first kappa shape index (κ1) is 83.1. The maximum atomic E-state index is 13.0. The van der Waals surface area contributed by atoms with Gasteiger partial charge in [-0.25, -0.2) is 9.13 Å². The number of carbonyl (C=O) groups is 4. The highest BCUT2D eigenvalue weighted by Crippen LogP contribution is 2.45. The molecule has 19 heteroatoms. The van der Waals surface area contributed by atoms with Crippen molar-refractivity contribution >= 4 is 39.5 Å². The molecular weight excluding hydrogens is 1130 g/mol. The van der Waals surface area contributed by atoms with Crippen LogP contribution < -0.4 is 0 Å². The van der Waals surface area contributed by atoms with Crippen molar-refractivity contribution in [2.24, 2.45) is 17.8 Å². The van der Waals surface area contributed by atoms with Crippen molar-refractivity contribution in [1.29, 1.82) is 0 Å². The number of phosphoric acid groups is 2. The molecule has 0 rings (SSSR count). The van der Waals surface area contributed by atoms with E-state index in [1.54, 1.807) is 0 Å². The third kappa shape index (κ3) is 60.7. The molecule has 5 atom stereocenters. The predicted octanol–water partition coefficient (Wildman–Crippen LogP) is 18.3. The largest absolute Gasteiger partial charge is 0.472 e. The minimum absolute atomic E-state index is 0.103. The van der Waals surface area contributed by atoms with Crippen molar-refractivity contribution < 1.29 is 80.2 Å². The molecule has 85 heavy (non-hydrogen) atoms. The van der Waals surface area contributed by atoms with E-state index >= 15 is 0 Å². The summed E-state index contributed by atoms with van der Waals surface area (Å²) < 4.78 is 68.1. The third-order valence-corrected chi connectivity index (χ3v) is 17.0. The van der Waals surface area contributed by atoms with Crippen molar-refractivity contribution in [3.63, 3.8) is 0 Å². The second-order valence-electron chi connectivity index (χ2n) is 25.3. The van der Waals surface area contributed by atoms with Crippen molar-refractivity contribution in [3.05, 3.63) is 0 Å². The summed E-state index contributed by atoms with van der Waals surface area (Å²) in [6.07, 6.45) is 39.0. The van der Waals surface area contributed by atoms with E-state index in [0.717, 1.165) is 102 Å². The summed E-state index contributed by atoms with van der Waals surface area (Å²) in [5.41, 5.74) is 0. The van der Waals surface area contributed by atoms with Gasteiger partial charge in [-0.05, 0) is 43.4 Å². The zero-order valence-corrected chi connectivity index (χ0v) is 56.9. The van der Waals surface area contributed by atoms with E-state index in [1.165, 1.54) is 135 Å². The van der Waals surface area contributed by atoms with Gasteiger partial charge in [0.1, 0.15) is 19.3 Å². The Morgan fingerprint density at radius 3 is 0.800 bits per heavy atom. The Labute approximate surface area is 517 Å². The van der Waals surface area contributed by atoms with Crippen LogP contribution >= 0.6 is 15.6 Å². The molecule has 0 saturated heterocycles. The van der Waals surface area contributed by atoms with E-state index in [-0.39, 0.29) is 25.7 Å². The summed E-state index contributed by atoms with van der Waals surface area (Å²) in [6.45, 7) is 11.7. The van der Waals surface area contributed by atoms with Gasteiger partial charge in [-0.15, -0.1) is 0 Å². The predicted molar refractivity (Wildman–Crippen MR) is 340 cm³/mol. The number of carbonyl (C=O) groups excluding carboxylic acids is 4. The van der Waals surface area contributed by atoms with Crippen LogP contribution in [-0.4, -0.2) is 96.7 Å². The van der Waals surface area contributed by atoms with Gasteiger partial charge in [0, 0.05) is 25.7 Å². The fourth-order valence-electron chi connectivity index (χ4n) is 9.83. The zero-order chi connectivity index (χ0) is 63.1. The molecule has 0 aromatic carbocycles. The summed E-state index contributed by atoms with van der Waals surface area (Å²) in [6, 6.07) is 0. The van der Waals surface area contributed by atoms with Crippen LogP contribution in [0.3, 0.4) is 0 Å². The fourth-order valence-corrected chi connectivity index (χ4v) is 11.4. The SMILES string of the molecule is CCCCCCCCCCCC(=O)OC[C@H](COP(=O)(O)OC[C@H](O)COP(=O)(O)OC[C@@H](COC(=O)CCCCCCCCCCCCC(C)C)OC(=O)CCCCCCCCCCCCC(C)C)OC(=O)CCCCCCCCCC(C)C. The minimum atomic E-state index is -4.95. The van der Waals surface area contributed by atoms with E-state index in [9.17, 15) is 43.2 Å². The Kier molecular flexibility index (Phi) is 55.9. The van der Waals surface area contributed by atoms with Gasteiger partial charge in [-0.1, -0.05) is 273 Å². The maximum Gasteiger partial charge on any atom is 0.472 e. The van der Waals surface area contributed by atoms with Gasteiger partial charge in [-0.3, -0.25) is 37.3 Å². The number of aliphatic hydroxyl groups excluding tert-OH is 1. The Hall–Kier alpha value is -1.94. The molecule has 0 aromatic heterocycles. The van der Waals surface area contributed by atoms with Gasteiger partial charge in [0.25, 0.3) is 0 Å². The Morgan fingerprint density at radius 2 is 0.541 bits per heavy atom. The molecule has 0 amide bonds. The molecule has 3 N–H and O–H groups in total. The summed E-state index contributed by atoms with van der Waals surface area (Å²) >= 11 is 0. The molecule has 0 aromatic rings.